The van der Waals surface area contributed by atoms with Gasteiger partial charge in [0, 0.05) is 0 Å². The summed E-state index contributed by atoms with van der Waals surface area (Å²) in [4.78, 5) is 14.2. The molecule has 2 aromatic rings. The highest BCUT2D eigenvalue weighted by Crippen LogP contribution is 2.32. The number of isocyanates is 1. The van der Waals surface area contributed by atoms with Crippen LogP contribution in [-0.4, -0.2) is 12.1 Å². The molecule has 0 fully saturated rings. The van der Waals surface area contributed by atoms with Crippen molar-refractivity contribution in [1.29, 1.82) is 0 Å². The molecule has 0 aliphatic rings. The Balaban J connectivity index is 2.43. The molecule has 2 aromatic heterocycles. The van der Waals surface area contributed by atoms with Gasteiger partial charge in [-0.2, -0.15) is 0 Å². The lowest BCUT2D eigenvalue weighted by molar-refractivity contribution is 0.385. The fourth-order valence-corrected chi connectivity index (χ4v) is 2.01. The van der Waals surface area contributed by atoms with Crippen molar-refractivity contribution in [3.63, 3.8) is 0 Å². The van der Waals surface area contributed by atoms with Crippen LogP contribution >= 0.6 is 0 Å². The molecule has 0 saturated carbocycles. The summed E-state index contributed by atoms with van der Waals surface area (Å²) < 4.78 is 11.3. The van der Waals surface area contributed by atoms with Crippen LogP contribution in [0.3, 0.4) is 0 Å². The van der Waals surface area contributed by atoms with E-state index in [1.807, 2.05) is 45.0 Å². The third-order valence-corrected chi connectivity index (χ3v) is 2.87. The van der Waals surface area contributed by atoms with Crippen LogP contribution in [0.2, 0.25) is 0 Å². The molecule has 2 heterocycles. The van der Waals surface area contributed by atoms with Crippen molar-refractivity contribution in [2.75, 3.05) is 0 Å². The maximum atomic E-state index is 10.4. The Kier molecular flexibility index (Phi) is 3.49. The van der Waals surface area contributed by atoms with Crippen molar-refractivity contribution >= 4 is 6.08 Å². The molecule has 0 aliphatic heterocycles. The maximum Gasteiger partial charge on any atom is 0.235 e. The summed E-state index contributed by atoms with van der Waals surface area (Å²) in [6.07, 6.45) is 1.59. The van der Waals surface area contributed by atoms with E-state index in [9.17, 15) is 4.79 Å². The van der Waals surface area contributed by atoms with Gasteiger partial charge in [0.25, 0.3) is 0 Å². The van der Waals surface area contributed by atoms with E-state index in [2.05, 4.69) is 4.99 Å². The molecule has 0 N–H and O–H groups in total. The Hall–Kier alpha value is -2.06. The summed E-state index contributed by atoms with van der Waals surface area (Å²) in [5.41, 5.74) is 0. The average molecular weight is 245 g/mol. The SMILES string of the molecule is Cc1ccc(C(c2ccc(C)o2)C(C)N=C=O)o1. The second-order valence-electron chi connectivity index (χ2n) is 4.34. The van der Waals surface area contributed by atoms with E-state index < -0.39 is 0 Å². The highest BCUT2D eigenvalue weighted by molar-refractivity contribution is 5.35. The van der Waals surface area contributed by atoms with Crippen molar-refractivity contribution in [3.8, 4) is 0 Å². The number of hydrogen-bond acceptors (Lipinski definition) is 4. The Morgan fingerprint density at radius 1 is 1.06 bits per heavy atom. The summed E-state index contributed by atoms with van der Waals surface area (Å²) in [5, 5.41) is 0. The average Bonchev–Trinajstić information content (AvgIpc) is 2.90. The fraction of sp³-hybridized carbons (Fsp3) is 0.357. The quantitative estimate of drug-likeness (QED) is 0.613. The van der Waals surface area contributed by atoms with Gasteiger partial charge in [0.15, 0.2) is 0 Å². The summed E-state index contributed by atoms with van der Waals surface area (Å²) in [6.45, 7) is 5.59. The van der Waals surface area contributed by atoms with Gasteiger partial charge in [-0.05, 0) is 45.0 Å². The molecule has 1 atom stereocenters. The van der Waals surface area contributed by atoms with Gasteiger partial charge in [0.2, 0.25) is 6.08 Å². The zero-order chi connectivity index (χ0) is 13.1. The third-order valence-electron chi connectivity index (χ3n) is 2.87. The van der Waals surface area contributed by atoms with Crippen molar-refractivity contribution in [3.05, 3.63) is 47.3 Å². The fourth-order valence-electron chi connectivity index (χ4n) is 2.01. The third kappa shape index (κ3) is 2.44. The van der Waals surface area contributed by atoms with E-state index in [-0.39, 0.29) is 12.0 Å². The van der Waals surface area contributed by atoms with Gasteiger partial charge >= 0.3 is 0 Å². The predicted octanol–water partition coefficient (Wildman–Crippen LogP) is 3.35. The van der Waals surface area contributed by atoms with Crippen LogP contribution in [0, 0.1) is 13.8 Å². The predicted molar refractivity (Wildman–Crippen MR) is 66.3 cm³/mol. The lowest BCUT2D eigenvalue weighted by atomic mass is 9.96. The molecule has 0 saturated heterocycles. The van der Waals surface area contributed by atoms with E-state index in [4.69, 9.17) is 8.83 Å². The summed E-state index contributed by atoms with van der Waals surface area (Å²) in [5.74, 6) is 2.93. The van der Waals surface area contributed by atoms with Crippen molar-refractivity contribution < 1.29 is 13.6 Å². The number of rotatable bonds is 4. The Labute approximate surface area is 105 Å². The minimum absolute atomic E-state index is 0.200. The second-order valence-corrected chi connectivity index (χ2v) is 4.34. The molecule has 4 nitrogen and oxygen atoms in total. The minimum Gasteiger partial charge on any atom is -0.466 e. The normalized spacial score (nSPS) is 12.4. The summed E-state index contributed by atoms with van der Waals surface area (Å²) in [6, 6.07) is 7.26. The lowest BCUT2D eigenvalue weighted by Crippen LogP contribution is -2.13. The molecule has 4 heteroatoms. The van der Waals surface area contributed by atoms with Crippen LogP contribution in [-0.2, 0) is 4.79 Å². The van der Waals surface area contributed by atoms with Crippen molar-refractivity contribution in [1.82, 2.24) is 0 Å². The molecule has 0 spiro atoms. The van der Waals surface area contributed by atoms with E-state index in [0.717, 1.165) is 23.0 Å². The Bertz CT molecular complexity index is 535. The van der Waals surface area contributed by atoms with Crippen LogP contribution in [0.25, 0.3) is 0 Å². The summed E-state index contributed by atoms with van der Waals surface area (Å²) >= 11 is 0. The van der Waals surface area contributed by atoms with Gasteiger partial charge < -0.3 is 8.83 Å². The first kappa shape index (κ1) is 12.4. The maximum absolute atomic E-state index is 10.4. The molecule has 0 aromatic carbocycles. The minimum atomic E-state index is -0.279. The zero-order valence-electron chi connectivity index (χ0n) is 10.6. The van der Waals surface area contributed by atoms with Gasteiger partial charge in [-0.3, -0.25) is 0 Å². The molecule has 0 bridgehead atoms. The first-order chi connectivity index (χ1) is 8.61. The molecule has 94 valence electrons. The highest BCUT2D eigenvalue weighted by Gasteiger charge is 2.27. The highest BCUT2D eigenvalue weighted by atomic mass is 16.4. The van der Waals surface area contributed by atoms with Crippen molar-refractivity contribution in [2.45, 2.75) is 32.7 Å². The van der Waals surface area contributed by atoms with Gasteiger partial charge in [0.1, 0.15) is 23.0 Å². The molecular formula is C14H15NO3. The largest absolute Gasteiger partial charge is 0.466 e. The van der Waals surface area contributed by atoms with Crippen molar-refractivity contribution in [2.24, 2.45) is 4.99 Å². The first-order valence-electron chi connectivity index (χ1n) is 5.81. The Morgan fingerprint density at radius 3 is 1.89 bits per heavy atom. The number of hydrogen-bond donors (Lipinski definition) is 0. The molecule has 1 unspecified atom stereocenters. The monoisotopic (exact) mass is 245 g/mol. The lowest BCUT2D eigenvalue weighted by Gasteiger charge is -2.15. The van der Waals surface area contributed by atoms with Gasteiger partial charge in [-0.15, -0.1) is 0 Å². The van der Waals surface area contributed by atoms with Crippen LogP contribution < -0.4 is 0 Å². The van der Waals surface area contributed by atoms with E-state index in [0.29, 0.717) is 0 Å². The number of aryl methyl sites for hydroxylation is 2. The Morgan fingerprint density at radius 2 is 1.56 bits per heavy atom. The van der Waals surface area contributed by atoms with Crippen LogP contribution in [0.1, 0.15) is 35.9 Å². The molecule has 0 radical (unpaired) electrons. The number of carbonyl (C=O) groups excluding carboxylic acids is 1. The smallest absolute Gasteiger partial charge is 0.235 e. The topological polar surface area (TPSA) is 55.7 Å². The molecule has 2 rings (SSSR count). The van der Waals surface area contributed by atoms with Gasteiger partial charge in [-0.25, -0.2) is 9.79 Å². The number of furan rings is 2. The van der Waals surface area contributed by atoms with Gasteiger partial charge in [-0.1, -0.05) is 0 Å². The van der Waals surface area contributed by atoms with Crippen LogP contribution in [0.4, 0.5) is 0 Å². The molecule has 0 aliphatic carbocycles. The van der Waals surface area contributed by atoms with Crippen LogP contribution in [0.15, 0.2) is 38.1 Å². The number of aliphatic imine (C=N–C) groups is 1. The molecule has 0 amide bonds. The second kappa shape index (κ2) is 5.07. The van der Waals surface area contributed by atoms with Crippen LogP contribution in [0.5, 0.6) is 0 Å². The summed E-state index contributed by atoms with van der Waals surface area (Å²) in [7, 11) is 0. The van der Waals surface area contributed by atoms with E-state index in [1.54, 1.807) is 6.08 Å². The van der Waals surface area contributed by atoms with E-state index >= 15 is 0 Å². The molecule has 18 heavy (non-hydrogen) atoms. The van der Waals surface area contributed by atoms with Gasteiger partial charge in [0.05, 0.1) is 12.0 Å². The van der Waals surface area contributed by atoms with E-state index in [1.165, 1.54) is 0 Å². The number of nitrogens with zero attached hydrogens (tertiary/aromatic N) is 1. The zero-order valence-corrected chi connectivity index (χ0v) is 10.6. The standard InChI is InChI=1S/C14H15NO3/c1-9-4-6-12(17-9)14(11(3)15-8-16)13-7-5-10(2)18-13/h4-7,11,14H,1-3H3. The first-order valence-corrected chi connectivity index (χ1v) is 5.81. The molecular weight excluding hydrogens is 230 g/mol.